The van der Waals surface area contributed by atoms with Crippen molar-refractivity contribution in [2.24, 2.45) is 0 Å². The summed E-state index contributed by atoms with van der Waals surface area (Å²) in [7, 11) is 0. The Balaban J connectivity index is 1.60. The van der Waals surface area contributed by atoms with Gasteiger partial charge in [0.25, 0.3) is 5.91 Å². The minimum Gasteiger partial charge on any atom is -0.452 e. The molecule has 0 bridgehead atoms. The molecule has 0 unspecified atom stereocenters. The van der Waals surface area contributed by atoms with E-state index in [1.165, 1.54) is 29.2 Å². The van der Waals surface area contributed by atoms with Crippen LogP contribution in [0.2, 0.25) is 0 Å². The maximum absolute atomic E-state index is 14.2. The van der Waals surface area contributed by atoms with Gasteiger partial charge in [0.15, 0.2) is 11.5 Å². The van der Waals surface area contributed by atoms with Gasteiger partial charge >= 0.3 is 6.18 Å². The SMILES string of the molecule is O=C1c2cccc(N3CCNCC3)c2Oc2ccc(F)cc2N1Cc1cccc(C(F)(F)F)c1. The van der Waals surface area contributed by atoms with Crippen LogP contribution in [-0.2, 0) is 12.7 Å². The number of nitrogens with zero attached hydrogens (tertiary/aromatic N) is 2. The number of ether oxygens (including phenoxy) is 1. The van der Waals surface area contributed by atoms with E-state index in [-0.39, 0.29) is 29.1 Å². The highest BCUT2D eigenvalue weighted by Gasteiger charge is 2.33. The number of rotatable bonds is 3. The average Bonchev–Trinajstić information content (AvgIpc) is 2.94. The van der Waals surface area contributed by atoms with Crippen LogP contribution in [-0.4, -0.2) is 32.1 Å². The van der Waals surface area contributed by atoms with E-state index in [9.17, 15) is 22.4 Å². The number of anilines is 2. The summed E-state index contributed by atoms with van der Waals surface area (Å²) in [4.78, 5) is 17.1. The molecule has 0 radical (unpaired) electrons. The molecule has 0 aliphatic carbocycles. The number of hydrogen-bond donors (Lipinski definition) is 1. The summed E-state index contributed by atoms with van der Waals surface area (Å²) in [6.45, 7) is 2.82. The number of halogens is 4. The van der Waals surface area contributed by atoms with Crippen molar-refractivity contribution in [3.8, 4) is 11.5 Å². The molecule has 1 N–H and O–H groups in total. The number of nitrogens with one attached hydrogen (secondary N) is 1. The third-order valence-electron chi connectivity index (χ3n) is 5.95. The van der Waals surface area contributed by atoms with Crippen molar-refractivity contribution >= 4 is 17.3 Å². The van der Waals surface area contributed by atoms with E-state index in [2.05, 4.69) is 10.2 Å². The molecule has 176 valence electrons. The number of fused-ring (bicyclic) bond motifs is 2. The first kappa shape index (κ1) is 22.2. The summed E-state index contributed by atoms with van der Waals surface area (Å²) in [6, 6.07) is 13.8. The molecule has 0 spiro atoms. The lowest BCUT2D eigenvalue weighted by Crippen LogP contribution is -2.43. The Morgan fingerprint density at radius 2 is 1.71 bits per heavy atom. The summed E-state index contributed by atoms with van der Waals surface area (Å²) in [5, 5.41) is 3.28. The van der Waals surface area contributed by atoms with Crippen molar-refractivity contribution in [3.63, 3.8) is 0 Å². The van der Waals surface area contributed by atoms with E-state index in [0.29, 0.717) is 5.75 Å². The van der Waals surface area contributed by atoms with Gasteiger partial charge in [0.05, 0.1) is 29.0 Å². The van der Waals surface area contributed by atoms with Crippen LogP contribution in [0, 0.1) is 5.82 Å². The molecule has 0 atom stereocenters. The van der Waals surface area contributed by atoms with Gasteiger partial charge in [-0.15, -0.1) is 0 Å². The fraction of sp³-hybridized carbons (Fsp3) is 0.240. The van der Waals surface area contributed by atoms with Crippen molar-refractivity contribution < 1.29 is 27.1 Å². The van der Waals surface area contributed by atoms with Crippen molar-refractivity contribution in [3.05, 3.63) is 83.2 Å². The van der Waals surface area contributed by atoms with Crippen LogP contribution in [0.5, 0.6) is 11.5 Å². The van der Waals surface area contributed by atoms with Gasteiger partial charge in [0, 0.05) is 32.2 Å². The van der Waals surface area contributed by atoms with Crippen molar-refractivity contribution in [1.29, 1.82) is 0 Å². The first-order valence-electron chi connectivity index (χ1n) is 10.9. The number of carbonyl (C=O) groups excluding carboxylic acids is 1. The molecule has 1 saturated heterocycles. The smallest absolute Gasteiger partial charge is 0.416 e. The lowest BCUT2D eigenvalue weighted by atomic mass is 10.1. The van der Waals surface area contributed by atoms with Gasteiger partial charge in [-0.05, 0) is 42.0 Å². The van der Waals surface area contributed by atoms with Crippen molar-refractivity contribution in [2.45, 2.75) is 12.7 Å². The molecule has 5 nitrogen and oxygen atoms in total. The number of carbonyl (C=O) groups is 1. The molecule has 2 aliphatic rings. The van der Waals surface area contributed by atoms with Gasteiger partial charge in [-0.1, -0.05) is 18.2 Å². The third kappa shape index (κ3) is 4.19. The van der Waals surface area contributed by atoms with E-state index in [4.69, 9.17) is 4.74 Å². The van der Waals surface area contributed by atoms with Crippen LogP contribution < -0.4 is 19.9 Å². The Bertz CT molecular complexity index is 1240. The number of piperazine rings is 1. The van der Waals surface area contributed by atoms with Gasteiger partial charge in [-0.2, -0.15) is 13.2 Å². The molecule has 2 heterocycles. The van der Waals surface area contributed by atoms with Crippen molar-refractivity contribution in [2.75, 3.05) is 36.0 Å². The molecule has 3 aromatic rings. The van der Waals surface area contributed by atoms with Crippen LogP contribution in [0.1, 0.15) is 21.5 Å². The fourth-order valence-electron chi connectivity index (χ4n) is 4.29. The monoisotopic (exact) mass is 471 g/mol. The molecule has 3 aromatic carbocycles. The molecule has 9 heteroatoms. The van der Waals surface area contributed by atoms with E-state index in [1.54, 1.807) is 12.1 Å². The topological polar surface area (TPSA) is 44.8 Å². The number of amides is 1. The molecule has 0 saturated carbocycles. The average molecular weight is 471 g/mol. The van der Waals surface area contributed by atoms with Crippen LogP contribution in [0.4, 0.5) is 28.9 Å². The maximum atomic E-state index is 14.2. The lowest BCUT2D eigenvalue weighted by Gasteiger charge is -2.31. The normalized spacial score (nSPS) is 15.9. The Hall–Kier alpha value is -3.59. The highest BCUT2D eigenvalue weighted by atomic mass is 19.4. The largest absolute Gasteiger partial charge is 0.452 e. The highest BCUT2D eigenvalue weighted by molar-refractivity contribution is 6.10. The summed E-state index contributed by atoms with van der Waals surface area (Å²) in [5.74, 6) is -0.455. The van der Waals surface area contributed by atoms with E-state index < -0.39 is 23.5 Å². The van der Waals surface area contributed by atoms with E-state index in [0.717, 1.165) is 50.1 Å². The maximum Gasteiger partial charge on any atom is 0.416 e. The van der Waals surface area contributed by atoms with Gasteiger partial charge < -0.3 is 19.9 Å². The summed E-state index contributed by atoms with van der Waals surface area (Å²) in [6.07, 6.45) is -4.52. The quantitative estimate of drug-likeness (QED) is 0.533. The Kier molecular flexibility index (Phi) is 5.65. The predicted octanol–water partition coefficient (Wildman–Crippen LogP) is 5.21. The molecule has 1 amide bonds. The number of alkyl halides is 3. The predicted molar refractivity (Wildman–Crippen MR) is 120 cm³/mol. The molecule has 34 heavy (non-hydrogen) atoms. The number of hydrogen-bond acceptors (Lipinski definition) is 4. The molecule has 1 fully saturated rings. The van der Waals surface area contributed by atoms with Gasteiger partial charge in [0.2, 0.25) is 0 Å². The minimum absolute atomic E-state index is 0.157. The zero-order chi connectivity index (χ0) is 23.9. The van der Waals surface area contributed by atoms with Crippen LogP contribution in [0.15, 0.2) is 60.7 Å². The van der Waals surface area contributed by atoms with Crippen LogP contribution >= 0.6 is 0 Å². The van der Waals surface area contributed by atoms with Crippen LogP contribution in [0.25, 0.3) is 0 Å². The minimum atomic E-state index is -4.52. The van der Waals surface area contributed by atoms with Crippen LogP contribution in [0.3, 0.4) is 0 Å². The first-order chi connectivity index (χ1) is 16.3. The number of benzene rings is 3. The Morgan fingerprint density at radius 3 is 2.47 bits per heavy atom. The summed E-state index contributed by atoms with van der Waals surface area (Å²) in [5.41, 5.74) is 0.609. The number of para-hydroxylation sites is 1. The molecule has 2 aliphatic heterocycles. The zero-order valence-corrected chi connectivity index (χ0v) is 18.0. The van der Waals surface area contributed by atoms with Gasteiger partial charge in [0.1, 0.15) is 5.82 Å². The third-order valence-corrected chi connectivity index (χ3v) is 5.95. The van der Waals surface area contributed by atoms with E-state index in [1.807, 2.05) is 6.07 Å². The second-order valence-corrected chi connectivity index (χ2v) is 8.19. The highest BCUT2D eigenvalue weighted by Crippen LogP contribution is 2.44. The van der Waals surface area contributed by atoms with Gasteiger partial charge in [-0.3, -0.25) is 4.79 Å². The zero-order valence-electron chi connectivity index (χ0n) is 18.0. The standard InChI is InChI=1S/C25H21F4N3O2/c26-18-7-8-22-21(14-18)32(15-16-3-1-4-17(13-16)25(27,28)29)24(33)19-5-2-6-20(23(19)34-22)31-11-9-30-10-12-31/h1-8,13-14,30H,9-12,15H2. The van der Waals surface area contributed by atoms with E-state index >= 15 is 0 Å². The summed E-state index contributed by atoms with van der Waals surface area (Å²) >= 11 is 0. The Labute approximate surface area is 193 Å². The first-order valence-corrected chi connectivity index (χ1v) is 10.9. The molecule has 5 rings (SSSR count). The van der Waals surface area contributed by atoms with Crippen molar-refractivity contribution in [1.82, 2.24) is 5.32 Å². The molecular weight excluding hydrogens is 450 g/mol. The van der Waals surface area contributed by atoms with Gasteiger partial charge in [-0.25, -0.2) is 4.39 Å². The second-order valence-electron chi connectivity index (χ2n) is 8.19. The Morgan fingerprint density at radius 1 is 0.941 bits per heavy atom. The fourth-order valence-corrected chi connectivity index (χ4v) is 4.29. The lowest BCUT2D eigenvalue weighted by molar-refractivity contribution is -0.137. The second kappa shape index (κ2) is 8.64. The molecular formula is C25H21F4N3O2. The summed E-state index contributed by atoms with van der Waals surface area (Å²) < 4.78 is 60.1. The molecule has 0 aromatic heterocycles.